The fraction of sp³-hybridized carbons (Fsp3) is 0.462. The van der Waals surface area contributed by atoms with Gasteiger partial charge in [-0.2, -0.15) is 13.2 Å². The molecule has 9 heteroatoms. The number of ether oxygens (including phenoxy) is 1. The molecule has 0 fully saturated rings. The highest BCUT2D eigenvalue weighted by Gasteiger charge is 2.30. The number of aliphatic carboxylic acids is 1. The van der Waals surface area contributed by atoms with Crippen LogP contribution in [0, 0.1) is 5.41 Å². The van der Waals surface area contributed by atoms with Gasteiger partial charge in [0.15, 0.2) is 6.61 Å². The van der Waals surface area contributed by atoms with Gasteiger partial charge in [-0.1, -0.05) is 0 Å². The lowest BCUT2D eigenvalue weighted by atomic mass is 9.94. The second-order valence-corrected chi connectivity index (χ2v) is 5.13. The van der Waals surface area contributed by atoms with Crippen molar-refractivity contribution < 1.29 is 32.6 Å². The zero-order valence-corrected chi connectivity index (χ0v) is 11.9. The third kappa shape index (κ3) is 5.23. The van der Waals surface area contributed by atoms with Crippen molar-refractivity contribution in [3.63, 3.8) is 0 Å². The minimum Gasteiger partial charge on any atom is -0.481 e. The van der Waals surface area contributed by atoms with Crippen LogP contribution < -0.4 is 10.1 Å². The number of amides is 1. The van der Waals surface area contributed by atoms with E-state index < -0.39 is 36.0 Å². The molecule has 0 spiro atoms. The van der Waals surface area contributed by atoms with Crippen molar-refractivity contribution in [3.8, 4) is 5.88 Å². The first-order chi connectivity index (χ1) is 10.0. The van der Waals surface area contributed by atoms with Crippen molar-refractivity contribution in [1.82, 2.24) is 10.3 Å². The molecule has 0 atom stereocenters. The Morgan fingerprint density at radius 2 is 2.00 bits per heavy atom. The second kappa shape index (κ2) is 6.63. The molecule has 22 heavy (non-hydrogen) atoms. The largest absolute Gasteiger partial charge is 0.481 e. The number of carboxylic acids is 1. The van der Waals surface area contributed by atoms with Gasteiger partial charge in [0.1, 0.15) is 5.56 Å². The highest BCUT2D eigenvalue weighted by Crippen LogP contribution is 2.20. The molecule has 2 N–H and O–H groups in total. The number of alkyl halides is 3. The zero-order chi connectivity index (χ0) is 17.0. The Hall–Kier alpha value is -2.32. The first-order valence-electron chi connectivity index (χ1n) is 6.19. The fourth-order valence-electron chi connectivity index (χ4n) is 1.30. The van der Waals surface area contributed by atoms with Crippen LogP contribution in [-0.2, 0) is 4.79 Å². The van der Waals surface area contributed by atoms with Crippen LogP contribution >= 0.6 is 0 Å². The molecule has 0 saturated heterocycles. The molecule has 6 nitrogen and oxygen atoms in total. The van der Waals surface area contributed by atoms with Crippen LogP contribution in [0.5, 0.6) is 5.88 Å². The van der Waals surface area contributed by atoms with Crippen LogP contribution in [0.15, 0.2) is 18.3 Å². The summed E-state index contributed by atoms with van der Waals surface area (Å²) < 4.78 is 40.9. The second-order valence-electron chi connectivity index (χ2n) is 5.13. The molecule has 1 heterocycles. The highest BCUT2D eigenvalue weighted by atomic mass is 19.4. The van der Waals surface area contributed by atoms with Crippen LogP contribution in [0.4, 0.5) is 13.2 Å². The quantitative estimate of drug-likeness (QED) is 0.835. The third-order valence-electron chi connectivity index (χ3n) is 2.66. The van der Waals surface area contributed by atoms with E-state index in [1.165, 1.54) is 32.2 Å². The Morgan fingerprint density at radius 3 is 2.55 bits per heavy atom. The van der Waals surface area contributed by atoms with Gasteiger partial charge >= 0.3 is 12.1 Å². The van der Waals surface area contributed by atoms with Gasteiger partial charge < -0.3 is 15.2 Å². The summed E-state index contributed by atoms with van der Waals surface area (Å²) in [7, 11) is 0. The van der Waals surface area contributed by atoms with Gasteiger partial charge in [-0.05, 0) is 26.0 Å². The fourth-order valence-corrected chi connectivity index (χ4v) is 1.30. The molecule has 0 aliphatic rings. The Kier molecular flexibility index (Phi) is 5.34. The lowest BCUT2D eigenvalue weighted by Gasteiger charge is -2.19. The van der Waals surface area contributed by atoms with Crippen LogP contribution in [0.1, 0.15) is 24.2 Å². The topological polar surface area (TPSA) is 88.5 Å². The first-order valence-corrected chi connectivity index (χ1v) is 6.19. The lowest BCUT2D eigenvalue weighted by molar-refractivity contribution is -0.154. The third-order valence-corrected chi connectivity index (χ3v) is 2.66. The molecule has 0 aliphatic heterocycles. The van der Waals surface area contributed by atoms with Crippen LogP contribution in [0.3, 0.4) is 0 Å². The smallest absolute Gasteiger partial charge is 0.422 e. The molecule has 0 bridgehead atoms. The number of aromatic nitrogens is 1. The Morgan fingerprint density at radius 1 is 1.36 bits per heavy atom. The van der Waals surface area contributed by atoms with Crippen molar-refractivity contribution in [2.24, 2.45) is 5.41 Å². The number of pyridine rings is 1. The normalized spacial score (nSPS) is 11.9. The molecule has 0 aromatic carbocycles. The van der Waals surface area contributed by atoms with Gasteiger partial charge in [0.05, 0.1) is 5.41 Å². The summed E-state index contributed by atoms with van der Waals surface area (Å²) in [5.74, 6) is -2.35. The van der Waals surface area contributed by atoms with Crippen LogP contribution in [0.25, 0.3) is 0 Å². The summed E-state index contributed by atoms with van der Waals surface area (Å²) in [6, 6.07) is 2.60. The number of nitrogens with one attached hydrogen (secondary N) is 1. The maximum absolute atomic E-state index is 12.1. The Labute approximate surface area is 124 Å². The summed E-state index contributed by atoms with van der Waals surface area (Å²) in [5.41, 5.74) is -1.42. The molecule has 1 rings (SSSR count). The minimum atomic E-state index is -4.56. The summed E-state index contributed by atoms with van der Waals surface area (Å²) in [5, 5.41) is 11.3. The molecule has 0 unspecified atom stereocenters. The Balaban J connectivity index is 2.79. The molecule has 1 amide bonds. The molecule has 0 saturated carbocycles. The Bertz CT molecular complexity index is 558. The van der Waals surface area contributed by atoms with Gasteiger partial charge in [0.2, 0.25) is 5.88 Å². The van der Waals surface area contributed by atoms with E-state index in [9.17, 15) is 22.8 Å². The SMILES string of the molecule is CC(C)(CNC(=O)c1cccnc1OCC(F)(F)F)C(=O)O. The first kappa shape index (κ1) is 17.7. The molecule has 122 valence electrons. The van der Waals surface area contributed by atoms with Crippen LogP contribution in [0.2, 0.25) is 0 Å². The average molecular weight is 320 g/mol. The average Bonchev–Trinajstić information content (AvgIpc) is 2.42. The maximum atomic E-state index is 12.1. The van der Waals surface area contributed by atoms with E-state index in [-0.39, 0.29) is 12.1 Å². The standard InChI is InChI=1S/C13H15F3N2O4/c1-12(2,11(20)21)6-18-9(19)8-4-3-5-17-10(8)22-7-13(14,15)16/h3-5H,6-7H2,1-2H3,(H,18,19)(H,20,21). The van der Waals surface area contributed by atoms with Crippen LogP contribution in [-0.4, -0.2) is 41.3 Å². The van der Waals surface area contributed by atoms with Crippen molar-refractivity contribution in [2.45, 2.75) is 20.0 Å². The van der Waals surface area contributed by atoms with E-state index in [0.29, 0.717) is 0 Å². The van der Waals surface area contributed by atoms with Crippen molar-refractivity contribution >= 4 is 11.9 Å². The van der Waals surface area contributed by atoms with Gasteiger partial charge in [-0.3, -0.25) is 9.59 Å². The van der Waals surface area contributed by atoms with E-state index in [2.05, 4.69) is 15.0 Å². The number of hydrogen-bond acceptors (Lipinski definition) is 4. The highest BCUT2D eigenvalue weighted by molar-refractivity contribution is 5.96. The van der Waals surface area contributed by atoms with E-state index in [1.807, 2.05) is 0 Å². The van der Waals surface area contributed by atoms with E-state index in [1.54, 1.807) is 0 Å². The number of nitrogens with zero attached hydrogens (tertiary/aromatic N) is 1. The monoisotopic (exact) mass is 320 g/mol. The number of carboxylic acid groups (broad SMARTS) is 1. The number of hydrogen-bond donors (Lipinski definition) is 2. The molecular formula is C13H15F3N2O4. The van der Waals surface area contributed by atoms with E-state index in [4.69, 9.17) is 5.11 Å². The number of halogens is 3. The zero-order valence-electron chi connectivity index (χ0n) is 11.9. The summed E-state index contributed by atoms with van der Waals surface area (Å²) in [6.07, 6.45) is -3.37. The predicted octanol–water partition coefficient (Wildman–Crippen LogP) is 1.86. The predicted molar refractivity (Wildman–Crippen MR) is 69.5 cm³/mol. The summed E-state index contributed by atoms with van der Waals surface area (Å²) in [6.45, 7) is 1.03. The van der Waals surface area contributed by atoms with Crippen molar-refractivity contribution in [2.75, 3.05) is 13.2 Å². The summed E-state index contributed by atoms with van der Waals surface area (Å²) in [4.78, 5) is 26.5. The molecule has 1 aromatic rings. The van der Waals surface area contributed by atoms with E-state index in [0.717, 1.165) is 0 Å². The molecular weight excluding hydrogens is 305 g/mol. The van der Waals surface area contributed by atoms with Gasteiger partial charge in [-0.15, -0.1) is 0 Å². The lowest BCUT2D eigenvalue weighted by Crippen LogP contribution is -2.39. The number of rotatable bonds is 6. The molecule has 0 aliphatic carbocycles. The maximum Gasteiger partial charge on any atom is 0.422 e. The van der Waals surface area contributed by atoms with Crippen molar-refractivity contribution in [1.29, 1.82) is 0 Å². The van der Waals surface area contributed by atoms with Gasteiger partial charge in [0.25, 0.3) is 5.91 Å². The molecule has 0 radical (unpaired) electrons. The van der Waals surface area contributed by atoms with Gasteiger partial charge in [0, 0.05) is 12.7 Å². The number of carbonyl (C=O) groups excluding carboxylic acids is 1. The minimum absolute atomic E-state index is 0.200. The van der Waals surface area contributed by atoms with Crippen molar-refractivity contribution in [3.05, 3.63) is 23.9 Å². The molecule has 1 aromatic heterocycles. The summed E-state index contributed by atoms with van der Waals surface area (Å²) >= 11 is 0. The number of carbonyl (C=O) groups is 2. The van der Waals surface area contributed by atoms with Gasteiger partial charge in [-0.25, -0.2) is 4.98 Å². The van der Waals surface area contributed by atoms with E-state index >= 15 is 0 Å².